The van der Waals surface area contributed by atoms with Crippen LogP contribution in [0.25, 0.3) is 0 Å². The Bertz CT molecular complexity index is 968. The molecule has 0 aromatic heterocycles. The molecule has 0 aliphatic carbocycles. The van der Waals surface area contributed by atoms with Crippen molar-refractivity contribution >= 4 is 34.1 Å². The predicted octanol–water partition coefficient (Wildman–Crippen LogP) is 10.0. The first-order valence-corrected chi connectivity index (χ1v) is 15.9. The summed E-state index contributed by atoms with van der Waals surface area (Å²) < 4.78 is 0. The highest BCUT2D eigenvalue weighted by atomic mass is 15.2. The third kappa shape index (κ3) is 8.43. The van der Waals surface area contributed by atoms with E-state index in [1.807, 2.05) is 0 Å². The predicted molar refractivity (Wildman–Crippen MR) is 180 cm³/mol. The Morgan fingerprint density at radius 1 is 0.350 bits per heavy atom. The summed E-state index contributed by atoms with van der Waals surface area (Å²) in [6.07, 6.45) is 6.88. The van der Waals surface area contributed by atoms with E-state index in [2.05, 4.69) is 134 Å². The molecule has 0 bridgehead atoms. The lowest BCUT2D eigenvalue weighted by molar-refractivity contribution is 0.744. The summed E-state index contributed by atoms with van der Waals surface area (Å²) in [6, 6.07) is 27.5. The van der Waals surface area contributed by atoms with Gasteiger partial charge in [0.25, 0.3) is 0 Å². The van der Waals surface area contributed by atoms with Crippen molar-refractivity contribution in [2.24, 2.45) is 0 Å². The van der Waals surface area contributed by atoms with Gasteiger partial charge in [-0.05, 0) is 93.1 Å². The fourth-order valence-electron chi connectivity index (χ4n) is 5.66. The Kier molecular flexibility index (Phi) is 13.2. The Balaban J connectivity index is 2.16. The van der Waals surface area contributed by atoms with E-state index in [0.717, 1.165) is 77.8 Å². The molecule has 218 valence electrons. The molecule has 40 heavy (non-hydrogen) atoms. The van der Waals surface area contributed by atoms with Crippen LogP contribution in [0.2, 0.25) is 0 Å². The summed E-state index contributed by atoms with van der Waals surface area (Å²) in [6.45, 7) is 20.1. The number of rotatable bonds is 18. The van der Waals surface area contributed by atoms with Gasteiger partial charge in [-0.25, -0.2) is 0 Å². The van der Waals surface area contributed by atoms with E-state index in [1.54, 1.807) is 0 Å². The molecular formula is C36H54N4. The fraction of sp³-hybridized carbons (Fsp3) is 0.500. The Labute approximate surface area is 245 Å². The molecule has 0 atom stereocenters. The normalized spacial score (nSPS) is 10.9. The summed E-state index contributed by atoms with van der Waals surface area (Å²) in [4.78, 5) is 10.0. The van der Waals surface area contributed by atoms with Crippen molar-refractivity contribution in [3.05, 3.63) is 72.8 Å². The van der Waals surface area contributed by atoms with Gasteiger partial charge in [0.15, 0.2) is 0 Å². The number of hydrogen-bond acceptors (Lipinski definition) is 4. The Morgan fingerprint density at radius 2 is 0.575 bits per heavy atom. The van der Waals surface area contributed by atoms with Crippen molar-refractivity contribution in [3.8, 4) is 0 Å². The maximum absolute atomic E-state index is 2.53. The van der Waals surface area contributed by atoms with Crippen LogP contribution in [0.15, 0.2) is 72.8 Å². The summed E-state index contributed by atoms with van der Waals surface area (Å²) in [5.74, 6) is 0. The van der Waals surface area contributed by atoms with E-state index in [9.17, 15) is 0 Å². The molecule has 4 heteroatoms. The second-order valence-corrected chi connectivity index (χ2v) is 10.9. The Morgan fingerprint density at radius 3 is 0.800 bits per heavy atom. The quantitative estimate of drug-likeness (QED) is 0.158. The second-order valence-electron chi connectivity index (χ2n) is 10.9. The zero-order chi connectivity index (χ0) is 28.7. The Hall–Kier alpha value is -3.14. The van der Waals surface area contributed by atoms with E-state index >= 15 is 0 Å². The maximum atomic E-state index is 2.53. The van der Waals surface area contributed by atoms with Gasteiger partial charge >= 0.3 is 0 Å². The van der Waals surface area contributed by atoms with E-state index in [1.165, 1.54) is 34.1 Å². The molecule has 0 saturated heterocycles. The van der Waals surface area contributed by atoms with Gasteiger partial charge in [-0.2, -0.15) is 0 Å². The number of nitrogens with zero attached hydrogens (tertiary/aromatic N) is 4. The van der Waals surface area contributed by atoms with Crippen LogP contribution in [0.4, 0.5) is 34.1 Å². The average molecular weight is 543 g/mol. The van der Waals surface area contributed by atoms with Crippen LogP contribution < -0.4 is 19.6 Å². The lowest BCUT2D eigenvalue weighted by Gasteiger charge is -2.31. The molecule has 0 saturated carbocycles. The molecule has 0 spiro atoms. The van der Waals surface area contributed by atoms with E-state index in [-0.39, 0.29) is 0 Å². The number of anilines is 6. The van der Waals surface area contributed by atoms with Gasteiger partial charge in [0.1, 0.15) is 0 Å². The minimum atomic E-state index is 1.08. The molecule has 4 nitrogen and oxygen atoms in total. The van der Waals surface area contributed by atoms with Gasteiger partial charge in [-0.15, -0.1) is 0 Å². The first-order chi connectivity index (χ1) is 19.6. The van der Waals surface area contributed by atoms with Crippen molar-refractivity contribution < 1.29 is 0 Å². The molecular weight excluding hydrogens is 488 g/mol. The molecule has 3 rings (SSSR count). The highest BCUT2D eigenvalue weighted by molar-refractivity contribution is 5.81. The van der Waals surface area contributed by atoms with Crippen LogP contribution in [-0.4, -0.2) is 39.3 Å². The summed E-state index contributed by atoms with van der Waals surface area (Å²) in [5.41, 5.74) is 7.53. The molecule has 0 aliphatic heterocycles. The molecule has 0 N–H and O–H groups in total. The van der Waals surface area contributed by atoms with E-state index < -0.39 is 0 Å². The van der Waals surface area contributed by atoms with Crippen LogP contribution in [0.3, 0.4) is 0 Å². The molecule has 0 aliphatic rings. The smallest absolute Gasteiger partial charge is 0.0482 e. The van der Waals surface area contributed by atoms with Gasteiger partial charge in [0.2, 0.25) is 0 Å². The van der Waals surface area contributed by atoms with E-state index in [0.29, 0.717) is 0 Å². The minimum Gasteiger partial charge on any atom is -0.371 e. The van der Waals surface area contributed by atoms with Crippen molar-refractivity contribution in [2.45, 2.75) is 80.1 Å². The third-order valence-electron chi connectivity index (χ3n) is 7.32. The second kappa shape index (κ2) is 16.8. The monoisotopic (exact) mass is 542 g/mol. The topological polar surface area (TPSA) is 13.0 Å². The van der Waals surface area contributed by atoms with Crippen LogP contribution in [0, 0.1) is 0 Å². The number of hydrogen-bond donors (Lipinski definition) is 0. The molecule has 0 radical (unpaired) electrons. The summed E-state index contributed by atoms with van der Waals surface area (Å²) in [7, 11) is 0. The van der Waals surface area contributed by atoms with Gasteiger partial charge < -0.3 is 19.6 Å². The lowest BCUT2D eigenvalue weighted by Crippen LogP contribution is -2.26. The largest absolute Gasteiger partial charge is 0.371 e. The molecule has 3 aromatic rings. The highest BCUT2D eigenvalue weighted by Crippen LogP contribution is 2.39. The van der Waals surface area contributed by atoms with Crippen molar-refractivity contribution in [1.29, 1.82) is 0 Å². The summed E-state index contributed by atoms with van der Waals surface area (Å²) in [5, 5.41) is 0. The van der Waals surface area contributed by atoms with Crippen LogP contribution in [0.1, 0.15) is 80.1 Å². The maximum Gasteiger partial charge on any atom is 0.0482 e. The van der Waals surface area contributed by atoms with Crippen molar-refractivity contribution in [1.82, 2.24) is 0 Å². The zero-order valence-electron chi connectivity index (χ0n) is 26.2. The first kappa shape index (κ1) is 31.4. The molecule has 0 fully saturated rings. The molecule has 0 heterocycles. The average Bonchev–Trinajstić information content (AvgIpc) is 2.97. The van der Waals surface area contributed by atoms with Crippen LogP contribution in [-0.2, 0) is 0 Å². The van der Waals surface area contributed by atoms with Gasteiger partial charge in [-0.1, -0.05) is 59.7 Å². The van der Waals surface area contributed by atoms with Gasteiger partial charge in [0, 0.05) is 73.4 Å². The van der Waals surface area contributed by atoms with Gasteiger partial charge in [-0.3, -0.25) is 0 Å². The minimum absolute atomic E-state index is 1.08. The molecule has 0 unspecified atom stereocenters. The lowest BCUT2D eigenvalue weighted by atomic mass is 10.1. The summed E-state index contributed by atoms with van der Waals surface area (Å²) >= 11 is 0. The van der Waals surface area contributed by atoms with Crippen LogP contribution in [0.5, 0.6) is 0 Å². The first-order valence-electron chi connectivity index (χ1n) is 15.9. The molecule has 3 aromatic carbocycles. The van der Waals surface area contributed by atoms with Crippen molar-refractivity contribution in [3.63, 3.8) is 0 Å². The van der Waals surface area contributed by atoms with Crippen LogP contribution >= 0.6 is 0 Å². The highest BCUT2D eigenvalue weighted by Gasteiger charge is 2.17. The van der Waals surface area contributed by atoms with Crippen molar-refractivity contribution in [2.75, 3.05) is 58.9 Å². The van der Waals surface area contributed by atoms with E-state index in [4.69, 9.17) is 0 Å². The SMILES string of the molecule is CCCN(CCC)c1cccc(N(c2cccc(N(CCC)CCC)c2)c2cccc(N(CCC)CCC)c2)c1. The fourth-order valence-corrected chi connectivity index (χ4v) is 5.66. The molecule has 0 amide bonds. The zero-order valence-corrected chi connectivity index (χ0v) is 26.2. The standard InChI is InChI=1S/C36H54N4/c1-7-22-37(23-8-2)31-16-13-19-34(28-31)40(35-20-14-17-32(29-35)38(24-9-3)25-10-4)36-21-15-18-33(30-36)39(26-11-5)27-12-6/h13-21,28-30H,7-12,22-27H2,1-6H3. The van der Waals surface area contributed by atoms with Gasteiger partial charge in [0.05, 0.1) is 0 Å². The number of benzene rings is 3. The third-order valence-corrected chi connectivity index (χ3v) is 7.32.